The number of carbonyl (C=O) groups excluding carboxylic acids is 1. The van der Waals surface area contributed by atoms with Crippen LogP contribution in [0.5, 0.6) is 5.75 Å². The van der Waals surface area contributed by atoms with Gasteiger partial charge in [0, 0.05) is 28.5 Å². The van der Waals surface area contributed by atoms with Crippen LogP contribution in [0.25, 0.3) is 11.3 Å². The molecule has 4 atom stereocenters. The summed E-state index contributed by atoms with van der Waals surface area (Å²) in [5, 5.41) is 6.44. The minimum atomic E-state index is -0.0829. The molecule has 0 radical (unpaired) electrons. The lowest BCUT2D eigenvalue weighted by Crippen LogP contribution is -2.39. The van der Waals surface area contributed by atoms with Crippen molar-refractivity contribution in [2.24, 2.45) is 16.8 Å². The molecule has 2 heterocycles. The van der Waals surface area contributed by atoms with E-state index in [2.05, 4.69) is 42.7 Å². The maximum atomic E-state index is 13.5. The van der Waals surface area contributed by atoms with Gasteiger partial charge in [0.2, 0.25) is 5.91 Å². The number of nitrogens with zero attached hydrogens (tertiary/aromatic N) is 2. The Bertz CT molecular complexity index is 1200. The van der Waals surface area contributed by atoms with Gasteiger partial charge in [-0.2, -0.15) is 0 Å². The van der Waals surface area contributed by atoms with Gasteiger partial charge in [-0.1, -0.05) is 38.5 Å². The number of benzene rings is 2. The van der Waals surface area contributed by atoms with Gasteiger partial charge in [0.25, 0.3) is 0 Å². The normalized spacial score (nSPS) is 20.6. The second-order valence-corrected chi connectivity index (χ2v) is 10.2. The van der Waals surface area contributed by atoms with Crippen LogP contribution >= 0.6 is 11.3 Å². The van der Waals surface area contributed by atoms with Gasteiger partial charge in [-0.05, 0) is 61.1 Å². The van der Waals surface area contributed by atoms with Crippen LogP contribution in [-0.2, 0) is 4.79 Å². The average Bonchev–Trinajstić information content (AvgIpc) is 3.51. The van der Waals surface area contributed by atoms with Gasteiger partial charge in [0.15, 0.2) is 0 Å². The molecule has 2 aliphatic rings. The highest BCUT2D eigenvalue weighted by Gasteiger charge is 2.37. The van der Waals surface area contributed by atoms with E-state index >= 15 is 0 Å². The van der Waals surface area contributed by atoms with E-state index in [1.165, 1.54) is 11.3 Å². The Balaban J connectivity index is 1.31. The van der Waals surface area contributed by atoms with Crippen LogP contribution in [0.15, 0.2) is 58.9 Å². The van der Waals surface area contributed by atoms with E-state index in [0.717, 1.165) is 53.4 Å². The minimum Gasteiger partial charge on any atom is -0.497 e. The molecule has 1 N–H and O–H groups in total. The summed E-state index contributed by atoms with van der Waals surface area (Å²) in [6.07, 6.45) is 3.56. The third-order valence-electron chi connectivity index (χ3n) is 7.30. The fraction of sp³-hybridized carbons (Fsp3) is 0.393. The highest BCUT2D eigenvalue weighted by molar-refractivity contribution is 7.10. The first-order chi connectivity index (χ1) is 16.6. The van der Waals surface area contributed by atoms with Crippen molar-refractivity contribution < 1.29 is 9.53 Å². The van der Waals surface area contributed by atoms with Crippen molar-refractivity contribution in [1.82, 2.24) is 10.3 Å². The zero-order valence-corrected chi connectivity index (χ0v) is 20.8. The second kappa shape index (κ2) is 9.71. The Morgan fingerprint density at radius 1 is 1.21 bits per heavy atom. The summed E-state index contributed by atoms with van der Waals surface area (Å²) in [5.74, 6) is 1.56. The Kier molecular flexibility index (Phi) is 6.50. The summed E-state index contributed by atoms with van der Waals surface area (Å²) in [6, 6.07) is 16.2. The Morgan fingerprint density at radius 2 is 2.00 bits per heavy atom. The number of para-hydroxylation sites is 1. The van der Waals surface area contributed by atoms with Crippen molar-refractivity contribution in [2.75, 3.05) is 7.11 Å². The largest absolute Gasteiger partial charge is 0.497 e. The van der Waals surface area contributed by atoms with E-state index in [1.807, 2.05) is 30.3 Å². The Labute approximate surface area is 205 Å². The number of hydrogen-bond acceptors (Lipinski definition) is 5. The molecule has 6 heteroatoms. The molecule has 0 bridgehead atoms. The van der Waals surface area contributed by atoms with Gasteiger partial charge in [-0.3, -0.25) is 9.79 Å². The number of ether oxygens (including phenoxy) is 1. The first kappa shape index (κ1) is 22.8. The SMILES string of the molecule is CC[C@H](C)[C@H](NC(=O)C1CCC2=Nc3ccccc3C2C1)c1nc(-c2ccc(OC)cc2)cs1. The fourth-order valence-electron chi connectivity index (χ4n) is 5.03. The molecule has 0 saturated heterocycles. The van der Waals surface area contributed by atoms with Crippen molar-refractivity contribution in [1.29, 1.82) is 0 Å². The van der Waals surface area contributed by atoms with E-state index in [-0.39, 0.29) is 23.8 Å². The van der Waals surface area contributed by atoms with E-state index < -0.39 is 0 Å². The summed E-state index contributed by atoms with van der Waals surface area (Å²) in [7, 11) is 1.67. The van der Waals surface area contributed by atoms with Gasteiger partial charge in [0.05, 0.1) is 24.5 Å². The number of aliphatic imine (C=N–C) groups is 1. The lowest BCUT2D eigenvalue weighted by Gasteiger charge is -2.30. The molecule has 5 rings (SSSR count). The number of thiazole rings is 1. The molecule has 1 saturated carbocycles. The molecule has 1 aliphatic carbocycles. The molecule has 1 aliphatic heterocycles. The number of rotatable bonds is 7. The van der Waals surface area contributed by atoms with Crippen LogP contribution in [0.4, 0.5) is 5.69 Å². The second-order valence-electron chi connectivity index (χ2n) is 9.36. The van der Waals surface area contributed by atoms with Gasteiger partial charge in [-0.15, -0.1) is 11.3 Å². The molecule has 3 aromatic rings. The number of hydrogen-bond donors (Lipinski definition) is 1. The summed E-state index contributed by atoms with van der Waals surface area (Å²) in [6.45, 7) is 4.36. The number of amides is 1. The summed E-state index contributed by atoms with van der Waals surface area (Å²) >= 11 is 1.62. The highest BCUT2D eigenvalue weighted by Crippen LogP contribution is 2.44. The predicted molar refractivity (Wildman–Crippen MR) is 138 cm³/mol. The third kappa shape index (κ3) is 4.39. The summed E-state index contributed by atoms with van der Waals surface area (Å²) in [5.41, 5.74) is 5.59. The van der Waals surface area contributed by atoms with E-state index in [4.69, 9.17) is 14.7 Å². The van der Waals surface area contributed by atoms with Crippen LogP contribution in [0, 0.1) is 11.8 Å². The monoisotopic (exact) mass is 473 g/mol. The van der Waals surface area contributed by atoms with E-state index in [0.29, 0.717) is 5.92 Å². The molecule has 2 aromatic carbocycles. The van der Waals surface area contributed by atoms with Crippen molar-refractivity contribution in [3.8, 4) is 17.0 Å². The first-order valence-electron chi connectivity index (χ1n) is 12.1. The van der Waals surface area contributed by atoms with Gasteiger partial charge in [-0.25, -0.2) is 4.98 Å². The standard InChI is InChI=1S/C28H31N3O2S/c1-4-17(2)26(28-30-25(16-34-28)18-9-12-20(33-3)13-10-18)31-27(32)19-11-14-24-22(15-19)21-7-5-6-8-23(21)29-24/h5-10,12-13,16-17,19,22,26H,4,11,14-15H2,1-3H3,(H,31,32)/t17-,19?,22?,26-/m0/s1. The zero-order chi connectivity index (χ0) is 23.7. The predicted octanol–water partition coefficient (Wildman–Crippen LogP) is 6.69. The topological polar surface area (TPSA) is 63.6 Å². The minimum absolute atomic E-state index is 0.00248. The molecule has 5 nitrogen and oxygen atoms in total. The summed E-state index contributed by atoms with van der Waals surface area (Å²) < 4.78 is 5.27. The molecule has 2 unspecified atom stereocenters. The van der Waals surface area contributed by atoms with Crippen molar-refractivity contribution >= 4 is 28.6 Å². The van der Waals surface area contributed by atoms with Crippen LogP contribution in [0.3, 0.4) is 0 Å². The number of fused-ring (bicyclic) bond motifs is 3. The lowest BCUT2D eigenvalue weighted by molar-refractivity contribution is -0.126. The van der Waals surface area contributed by atoms with E-state index in [1.54, 1.807) is 18.4 Å². The number of nitrogens with one attached hydrogen (secondary N) is 1. The smallest absolute Gasteiger partial charge is 0.223 e. The molecule has 176 valence electrons. The van der Waals surface area contributed by atoms with Gasteiger partial charge in [0.1, 0.15) is 10.8 Å². The molecular weight excluding hydrogens is 442 g/mol. The third-order valence-corrected chi connectivity index (χ3v) is 8.23. The molecule has 1 fully saturated rings. The van der Waals surface area contributed by atoms with E-state index in [9.17, 15) is 4.79 Å². The fourth-order valence-corrected chi connectivity index (χ4v) is 6.04. The molecule has 1 amide bonds. The van der Waals surface area contributed by atoms with Crippen LogP contribution in [0.1, 0.15) is 62.1 Å². The maximum absolute atomic E-state index is 13.5. The number of carbonyl (C=O) groups is 1. The molecule has 1 aromatic heterocycles. The maximum Gasteiger partial charge on any atom is 0.223 e. The summed E-state index contributed by atoms with van der Waals surface area (Å²) in [4.78, 5) is 23.2. The Morgan fingerprint density at radius 3 is 2.76 bits per heavy atom. The number of methoxy groups -OCH3 is 1. The van der Waals surface area contributed by atoms with Gasteiger partial charge < -0.3 is 10.1 Å². The quantitative estimate of drug-likeness (QED) is 0.416. The molecule has 0 spiro atoms. The van der Waals surface area contributed by atoms with Crippen LogP contribution in [0.2, 0.25) is 0 Å². The van der Waals surface area contributed by atoms with Crippen LogP contribution < -0.4 is 10.1 Å². The molecule has 34 heavy (non-hydrogen) atoms. The number of aromatic nitrogens is 1. The van der Waals surface area contributed by atoms with Crippen molar-refractivity contribution in [2.45, 2.75) is 51.5 Å². The van der Waals surface area contributed by atoms with Crippen molar-refractivity contribution in [3.05, 3.63) is 64.5 Å². The zero-order valence-electron chi connectivity index (χ0n) is 20.0. The van der Waals surface area contributed by atoms with Crippen LogP contribution in [-0.4, -0.2) is 23.7 Å². The molecular formula is C28H31N3O2S. The van der Waals surface area contributed by atoms with Crippen molar-refractivity contribution in [3.63, 3.8) is 0 Å². The lowest BCUT2D eigenvalue weighted by atomic mass is 9.77. The average molecular weight is 474 g/mol. The first-order valence-corrected chi connectivity index (χ1v) is 13.0. The highest BCUT2D eigenvalue weighted by atomic mass is 32.1. The Hall–Kier alpha value is -2.99. The van der Waals surface area contributed by atoms with Gasteiger partial charge >= 0.3 is 0 Å².